The molecule has 0 saturated carbocycles. The molecule has 2 atom stereocenters. The van der Waals surface area contributed by atoms with Crippen molar-refractivity contribution in [2.24, 2.45) is 5.92 Å². The smallest absolute Gasteiger partial charge is 0.289 e. The third-order valence-corrected chi connectivity index (χ3v) is 5.67. The largest absolute Gasteiger partial charge is 0.451 e. The summed E-state index contributed by atoms with van der Waals surface area (Å²) in [7, 11) is 1.90. The Morgan fingerprint density at radius 2 is 2.15 bits per heavy atom. The molecular formula is C20H25N3O3. The fourth-order valence-electron chi connectivity index (χ4n) is 4.30. The zero-order valence-electron chi connectivity index (χ0n) is 15.1. The van der Waals surface area contributed by atoms with Crippen LogP contribution in [0, 0.1) is 5.92 Å². The van der Waals surface area contributed by atoms with Crippen molar-refractivity contribution < 1.29 is 14.0 Å². The molecule has 3 heterocycles. The van der Waals surface area contributed by atoms with Crippen LogP contribution < -0.4 is 5.32 Å². The van der Waals surface area contributed by atoms with Crippen molar-refractivity contribution in [1.82, 2.24) is 15.1 Å². The first-order valence-corrected chi connectivity index (χ1v) is 9.39. The van der Waals surface area contributed by atoms with Crippen molar-refractivity contribution in [3.8, 4) is 0 Å². The third-order valence-electron chi connectivity index (χ3n) is 5.67. The second-order valence-electron chi connectivity index (χ2n) is 7.25. The molecule has 4 rings (SSSR count). The number of para-hydroxylation sites is 1. The summed E-state index contributed by atoms with van der Waals surface area (Å²) in [6.45, 7) is 2.91. The van der Waals surface area contributed by atoms with Crippen LogP contribution in [0.1, 0.15) is 29.8 Å². The van der Waals surface area contributed by atoms with E-state index in [0.29, 0.717) is 31.2 Å². The maximum Gasteiger partial charge on any atom is 0.289 e. The van der Waals surface area contributed by atoms with Gasteiger partial charge in [0.25, 0.3) is 5.91 Å². The van der Waals surface area contributed by atoms with E-state index < -0.39 is 0 Å². The number of piperidine rings is 2. The van der Waals surface area contributed by atoms with Gasteiger partial charge in [0.05, 0.1) is 0 Å². The van der Waals surface area contributed by atoms with Crippen LogP contribution in [0.3, 0.4) is 0 Å². The number of furan rings is 1. The van der Waals surface area contributed by atoms with Crippen LogP contribution in [0.2, 0.25) is 0 Å². The normalized spacial score (nSPS) is 23.3. The van der Waals surface area contributed by atoms with Gasteiger partial charge in [-0.2, -0.15) is 0 Å². The molecule has 0 spiro atoms. The summed E-state index contributed by atoms with van der Waals surface area (Å²) >= 11 is 0. The van der Waals surface area contributed by atoms with Gasteiger partial charge in [0.1, 0.15) is 5.58 Å². The van der Waals surface area contributed by atoms with Gasteiger partial charge in [-0.1, -0.05) is 18.2 Å². The molecule has 2 aromatic rings. The minimum atomic E-state index is -0.0432. The molecular weight excluding hydrogens is 330 g/mol. The van der Waals surface area contributed by atoms with Crippen LogP contribution in [-0.2, 0) is 4.79 Å². The third kappa shape index (κ3) is 3.09. The van der Waals surface area contributed by atoms with E-state index in [1.54, 1.807) is 0 Å². The Labute approximate surface area is 153 Å². The number of fused-ring (bicyclic) bond motifs is 2. The second-order valence-corrected chi connectivity index (χ2v) is 7.25. The molecule has 2 aliphatic heterocycles. The molecule has 6 nitrogen and oxygen atoms in total. The minimum Gasteiger partial charge on any atom is -0.451 e. The fraction of sp³-hybridized carbons (Fsp3) is 0.500. The number of amides is 2. The molecule has 2 amide bonds. The van der Waals surface area contributed by atoms with E-state index in [4.69, 9.17) is 4.42 Å². The highest BCUT2D eigenvalue weighted by molar-refractivity contribution is 5.96. The monoisotopic (exact) mass is 355 g/mol. The van der Waals surface area contributed by atoms with Crippen LogP contribution >= 0.6 is 0 Å². The molecule has 1 aromatic heterocycles. The van der Waals surface area contributed by atoms with Gasteiger partial charge in [0.2, 0.25) is 5.91 Å². The Morgan fingerprint density at radius 3 is 2.96 bits per heavy atom. The molecule has 2 fully saturated rings. The lowest BCUT2D eigenvalue weighted by atomic mass is 9.83. The number of carbonyl (C=O) groups excluding carboxylic acids is 2. The number of likely N-dealkylation sites (tertiary alicyclic amines) is 2. The van der Waals surface area contributed by atoms with E-state index in [-0.39, 0.29) is 17.9 Å². The van der Waals surface area contributed by atoms with E-state index in [0.717, 1.165) is 36.9 Å². The number of likely N-dealkylation sites (N-methyl/N-ethyl adjacent to an activating group) is 1. The summed E-state index contributed by atoms with van der Waals surface area (Å²) in [5, 5.41) is 4.07. The summed E-state index contributed by atoms with van der Waals surface area (Å²) in [5.74, 6) is 0.965. The number of hydrogen-bond acceptors (Lipinski definition) is 4. The molecule has 1 aromatic carbocycles. The highest BCUT2D eigenvalue weighted by Crippen LogP contribution is 2.32. The molecule has 0 bridgehead atoms. The molecule has 138 valence electrons. The molecule has 0 unspecified atom stereocenters. The van der Waals surface area contributed by atoms with E-state index in [2.05, 4.69) is 5.32 Å². The number of benzene rings is 1. The summed E-state index contributed by atoms with van der Waals surface area (Å²) in [6.07, 6.45) is 2.28. The summed E-state index contributed by atoms with van der Waals surface area (Å²) in [5.41, 5.74) is 0.743. The standard InChI is InChI=1S/C20H25N3O3/c1-21-9-11-23-16-8-10-22(13-15(16)6-7-19(23)24)20(25)18-12-14-4-2-3-5-17(14)26-18/h2-5,12,15-16,21H,6-11,13H2,1H3/t15-,16+/m0/s1. The van der Waals surface area contributed by atoms with E-state index in [9.17, 15) is 9.59 Å². The number of carbonyl (C=O) groups is 2. The maximum atomic E-state index is 12.9. The number of nitrogens with one attached hydrogen (secondary N) is 1. The summed E-state index contributed by atoms with van der Waals surface area (Å²) in [4.78, 5) is 29.1. The SMILES string of the molecule is CNCCN1C(=O)CC[C@H]2CN(C(=O)c3cc4ccccc4o3)CC[C@H]21. The molecule has 6 heteroatoms. The van der Waals surface area contributed by atoms with Gasteiger partial charge in [0.15, 0.2) is 5.76 Å². The summed E-state index contributed by atoms with van der Waals surface area (Å²) < 4.78 is 5.75. The second kappa shape index (κ2) is 7.11. The first kappa shape index (κ1) is 17.1. The lowest BCUT2D eigenvalue weighted by Gasteiger charge is -2.47. The van der Waals surface area contributed by atoms with Gasteiger partial charge in [-0.05, 0) is 37.9 Å². The van der Waals surface area contributed by atoms with Gasteiger partial charge in [0, 0.05) is 44.0 Å². The van der Waals surface area contributed by atoms with Crippen LogP contribution in [0.5, 0.6) is 0 Å². The Hall–Kier alpha value is -2.34. The van der Waals surface area contributed by atoms with Crippen molar-refractivity contribution in [2.75, 3.05) is 33.2 Å². The van der Waals surface area contributed by atoms with Gasteiger partial charge < -0.3 is 19.5 Å². The van der Waals surface area contributed by atoms with E-state index in [1.165, 1.54) is 0 Å². The maximum absolute atomic E-state index is 12.9. The average Bonchev–Trinajstić information content (AvgIpc) is 3.10. The molecule has 2 aliphatic rings. The molecule has 26 heavy (non-hydrogen) atoms. The van der Waals surface area contributed by atoms with E-state index in [1.807, 2.05) is 47.2 Å². The highest BCUT2D eigenvalue weighted by atomic mass is 16.3. The molecule has 0 radical (unpaired) electrons. The fourth-order valence-corrected chi connectivity index (χ4v) is 4.30. The minimum absolute atomic E-state index is 0.0432. The van der Waals surface area contributed by atoms with Crippen molar-refractivity contribution in [3.05, 3.63) is 36.1 Å². The van der Waals surface area contributed by atoms with Crippen LogP contribution in [-0.4, -0.2) is 60.9 Å². The number of nitrogens with zero attached hydrogens (tertiary/aromatic N) is 2. The van der Waals surface area contributed by atoms with Crippen LogP contribution in [0.4, 0.5) is 0 Å². The molecule has 2 saturated heterocycles. The molecule has 1 N–H and O–H groups in total. The predicted octanol–water partition coefficient (Wildman–Crippen LogP) is 2.11. The first-order chi connectivity index (χ1) is 12.7. The molecule has 0 aliphatic carbocycles. The topological polar surface area (TPSA) is 65.8 Å². The van der Waals surface area contributed by atoms with Crippen molar-refractivity contribution in [1.29, 1.82) is 0 Å². The average molecular weight is 355 g/mol. The first-order valence-electron chi connectivity index (χ1n) is 9.39. The zero-order valence-corrected chi connectivity index (χ0v) is 15.1. The Bertz CT molecular complexity index is 782. The number of rotatable bonds is 4. The van der Waals surface area contributed by atoms with Crippen LogP contribution in [0.25, 0.3) is 11.0 Å². The Kier molecular flexibility index (Phi) is 4.68. The van der Waals surface area contributed by atoms with Gasteiger partial charge in [-0.25, -0.2) is 0 Å². The van der Waals surface area contributed by atoms with Gasteiger partial charge in [-0.15, -0.1) is 0 Å². The Balaban J connectivity index is 1.47. The number of hydrogen-bond donors (Lipinski definition) is 1. The lowest BCUT2D eigenvalue weighted by Crippen LogP contribution is -2.57. The predicted molar refractivity (Wildman–Crippen MR) is 98.9 cm³/mol. The zero-order chi connectivity index (χ0) is 18.1. The van der Waals surface area contributed by atoms with Gasteiger partial charge in [-0.3, -0.25) is 9.59 Å². The lowest BCUT2D eigenvalue weighted by molar-refractivity contribution is -0.140. The van der Waals surface area contributed by atoms with Crippen molar-refractivity contribution in [3.63, 3.8) is 0 Å². The van der Waals surface area contributed by atoms with Crippen molar-refractivity contribution >= 4 is 22.8 Å². The van der Waals surface area contributed by atoms with E-state index >= 15 is 0 Å². The Morgan fingerprint density at radius 1 is 1.31 bits per heavy atom. The quantitative estimate of drug-likeness (QED) is 0.912. The van der Waals surface area contributed by atoms with Crippen molar-refractivity contribution in [2.45, 2.75) is 25.3 Å². The van der Waals surface area contributed by atoms with Crippen LogP contribution in [0.15, 0.2) is 34.7 Å². The summed E-state index contributed by atoms with van der Waals surface area (Å²) in [6, 6.07) is 9.76. The highest BCUT2D eigenvalue weighted by Gasteiger charge is 2.40. The van der Waals surface area contributed by atoms with Gasteiger partial charge >= 0.3 is 0 Å².